The van der Waals surface area contributed by atoms with Crippen molar-refractivity contribution >= 4 is 27.0 Å². The van der Waals surface area contributed by atoms with E-state index in [0.29, 0.717) is 5.69 Å². The lowest BCUT2D eigenvalue weighted by Gasteiger charge is -2.12. The Morgan fingerprint density at radius 1 is 1.35 bits per heavy atom. The minimum Gasteiger partial charge on any atom is -0.386 e. The molecule has 0 fully saturated rings. The lowest BCUT2D eigenvalue weighted by molar-refractivity contribution is 0.571. The molecule has 2 rings (SSSR count). The number of hydrogen-bond acceptors (Lipinski definition) is 6. The summed E-state index contributed by atoms with van der Waals surface area (Å²) in [5.41, 5.74) is 0.474. The average Bonchev–Trinajstić information content (AvgIpc) is 2.99. The van der Waals surface area contributed by atoms with Gasteiger partial charge in [0.15, 0.2) is 5.03 Å². The summed E-state index contributed by atoms with van der Waals surface area (Å²) in [6, 6.07) is 3.36. The van der Waals surface area contributed by atoms with Crippen molar-refractivity contribution in [2.45, 2.75) is 17.9 Å². The fraction of sp³-hybridized carbons (Fsp3) is 0.333. The molecule has 8 heteroatoms. The molecule has 0 amide bonds. The number of anilines is 1. The number of nitrogens with zero attached hydrogens (tertiary/aromatic N) is 2. The molecule has 20 heavy (non-hydrogen) atoms. The molecule has 6 nitrogen and oxygen atoms in total. The van der Waals surface area contributed by atoms with Crippen LogP contribution in [-0.4, -0.2) is 32.0 Å². The second-order valence-electron chi connectivity index (χ2n) is 4.23. The number of thiazole rings is 1. The summed E-state index contributed by atoms with van der Waals surface area (Å²) in [6.45, 7) is 2.22. The van der Waals surface area contributed by atoms with Crippen LogP contribution in [-0.2, 0) is 10.0 Å². The predicted octanol–water partition coefficient (Wildman–Crippen LogP) is 1.66. The molecule has 0 bridgehead atoms. The summed E-state index contributed by atoms with van der Waals surface area (Å²) in [6.07, 6.45) is 3.17. The van der Waals surface area contributed by atoms with E-state index in [0.717, 1.165) is 5.01 Å². The smallest absolute Gasteiger partial charge is 0.260 e. The van der Waals surface area contributed by atoms with Crippen LogP contribution >= 0.6 is 11.3 Å². The van der Waals surface area contributed by atoms with Gasteiger partial charge in [-0.2, -0.15) is 0 Å². The van der Waals surface area contributed by atoms with Gasteiger partial charge in [0.25, 0.3) is 10.0 Å². The van der Waals surface area contributed by atoms with Crippen LogP contribution < -0.4 is 10.0 Å². The minimum atomic E-state index is -3.64. The van der Waals surface area contributed by atoms with Crippen LogP contribution in [0.25, 0.3) is 0 Å². The van der Waals surface area contributed by atoms with E-state index in [9.17, 15) is 8.42 Å². The van der Waals surface area contributed by atoms with Gasteiger partial charge < -0.3 is 5.32 Å². The van der Waals surface area contributed by atoms with Crippen LogP contribution in [0, 0.1) is 0 Å². The van der Waals surface area contributed by atoms with E-state index in [4.69, 9.17) is 0 Å². The summed E-state index contributed by atoms with van der Waals surface area (Å²) in [7, 11) is -1.97. The topological polar surface area (TPSA) is 84.0 Å². The van der Waals surface area contributed by atoms with Gasteiger partial charge in [-0.05, 0) is 12.1 Å². The van der Waals surface area contributed by atoms with Gasteiger partial charge >= 0.3 is 0 Å². The lowest BCUT2D eigenvalue weighted by Crippen LogP contribution is -2.29. The fourth-order valence-corrected chi connectivity index (χ4v) is 3.63. The van der Waals surface area contributed by atoms with Gasteiger partial charge in [0.05, 0.1) is 10.7 Å². The highest BCUT2D eigenvalue weighted by atomic mass is 32.2. The molecule has 0 aliphatic heterocycles. The number of rotatable bonds is 6. The molecule has 2 N–H and O–H groups in total. The molecule has 2 aromatic rings. The Hall–Kier alpha value is -1.51. The number of hydrogen-bond donors (Lipinski definition) is 2. The maximum atomic E-state index is 12.3. The second-order valence-corrected chi connectivity index (χ2v) is 6.84. The van der Waals surface area contributed by atoms with E-state index in [1.54, 1.807) is 25.4 Å². The normalized spacial score (nSPS) is 13.1. The maximum absolute atomic E-state index is 12.3. The first-order valence-electron chi connectivity index (χ1n) is 6.06. The first-order chi connectivity index (χ1) is 9.54. The maximum Gasteiger partial charge on any atom is 0.260 e. The molecule has 2 aromatic heterocycles. The zero-order valence-corrected chi connectivity index (χ0v) is 12.8. The molecule has 1 atom stereocenters. The Kier molecular flexibility index (Phi) is 4.69. The van der Waals surface area contributed by atoms with Gasteiger partial charge in [-0.25, -0.2) is 23.1 Å². The average molecular weight is 312 g/mol. The van der Waals surface area contributed by atoms with Crippen molar-refractivity contribution in [3.8, 4) is 0 Å². The van der Waals surface area contributed by atoms with Crippen molar-refractivity contribution in [1.82, 2.24) is 14.7 Å². The van der Waals surface area contributed by atoms with Crippen LogP contribution in [0.5, 0.6) is 0 Å². The zero-order valence-electron chi connectivity index (χ0n) is 11.2. The van der Waals surface area contributed by atoms with E-state index >= 15 is 0 Å². The molecule has 0 saturated heterocycles. The highest BCUT2D eigenvalue weighted by Crippen LogP contribution is 2.19. The summed E-state index contributed by atoms with van der Waals surface area (Å²) in [5.74, 6) is 0.0199. The summed E-state index contributed by atoms with van der Waals surface area (Å²) < 4.78 is 27.1. The third-order valence-electron chi connectivity index (χ3n) is 2.75. The third kappa shape index (κ3) is 3.33. The Morgan fingerprint density at radius 3 is 2.80 bits per heavy atom. The van der Waals surface area contributed by atoms with Gasteiger partial charge in [0.1, 0.15) is 0 Å². The number of sulfonamides is 1. The fourth-order valence-electron chi connectivity index (χ4n) is 1.66. The monoisotopic (exact) mass is 312 g/mol. The number of nitrogens with one attached hydrogen (secondary N) is 2. The molecule has 0 aliphatic rings. The molecular weight excluding hydrogens is 296 g/mol. The number of aromatic nitrogens is 2. The number of pyridine rings is 1. The quantitative estimate of drug-likeness (QED) is 0.847. The largest absolute Gasteiger partial charge is 0.386 e. The molecule has 0 saturated carbocycles. The predicted molar refractivity (Wildman–Crippen MR) is 79.5 cm³/mol. The molecule has 0 aliphatic carbocycles. The molecular formula is C12H16N4O2S2. The van der Waals surface area contributed by atoms with Crippen molar-refractivity contribution in [3.05, 3.63) is 34.9 Å². The summed E-state index contributed by atoms with van der Waals surface area (Å²) >= 11 is 1.51. The first kappa shape index (κ1) is 14.9. The van der Waals surface area contributed by atoms with E-state index < -0.39 is 10.0 Å². The van der Waals surface area contributed by atoms with Crippen molar-refractivity contribution in [2.75, 3.05) is 18.9 Å². The standard InChI is InChI=1S/C12H16N4O2S2/c1-9(11-14-6-7-19-11)8-16-20(17,18)12-10(13-2)4-3-5-15-12/h3-7,9,13,16H,8H2,1-2H3. The van der Waals surface area contributed by atoms with E-state index in [1.807, 2.05) is 12.3 Å². The van der Waals surface area contributed by atoms with Gasteiger partial charge in [0, 0.05) is 37.3 Å². The zero-order chi connectivity index (χ0) is 14.6. The van der Waals surface area contributed by atoms with E-state index in [1.165, 1.54) is 17.5 Å². The Labute approximate surface area is 122 Å². The van der Waals surface area contributed by atoms with Crippen molar-refractivity contribution in [2.24, 2.45) is 0 Å². The molecule has 1 unspecified atom stereocenters. The van der Waals surface area contributed by atoms with Gasteiger partial charge in [-0.3, -0.25) is 0 Å². The SMILES string of the molecule is CNc1cccnc1S(=O)(=O)NCC(C)c1nccs1. The van der Waals surface area contributed by atoms with Crippen molar-refractivity contribution in [1.29, 1.82) is 0 Å². The summed E-state index contributed by atoms with van der Waals surface area (Å²) in [4.78, 5) is 8.11. The minimum absolute atomic E-state index is 0.00818. The van der Waals surface area contributed by atoms with Gasteiger partial charge in [-0.15, -0.1) is 11.3 Å². The van der Waals surface area contributed by atoms with Crippen molar-refractivity contribution < 1.29 is 8.42 Å². The Balaban J connectivity index is 2.12. The van der Waals surface area contributed by atoms with Crippen LogP contribution in [0.4, 0.5) is 5.69 Å². The highest BCUT2D eigenvalue weighted by molar-refractivity contribution is 7.89. The molecule has 0 aromatic carbocycles. The van der Waals surface area contributed by atoms with Crippen molar-refractivity contribution in [3.63, 3.8) is 0 Å². The third-order valence-corrected chi connectivity index (χ3v) is 5.14. The van der Waals surface area contributed by atoms with E-state index in [-0.39, 0.29) is 17.5 Å². The first-order valence-corrected chi connectivity index (χ1v) is 8.42. The van der Waals surface area contributed by atoms with E-state index in [2.05, 4.69) is 20.0 Å². The van der Waals surface area contributed by atoms with Crippen LogP contribution in [0.15, 0.2) is 34.9 Å². The molecule has 0 radical (unpaired) electrons. The Morgan fingerprint density at radius 2 is 2.15 bits per heavy atom. The van der Waals surface area contributed by atoms with Gasteiger partial charge in [0.2, 0.25) is 0 Å². The Bertz CT molecular complexity index is 656. The van der Waals surface area contributed by atoms with Crippen LogP contribution in [0.3, 0.4) is 0 Å². The molecule has 108 valence electrons. The van der Waals surface area contributed by atoms with Gasteiger partial charge in [-0.1, -0.05) is 6.92 Å². The molecule has 0 spiro atoms. The highest BCUT2D eigenvalue weighted by Gasteiger charge is 2.21. The second kappa shape index (κ2) is 6.29. The summed E-state index contributed by atoms with van der Waals surface area (Å²) in [5, 5.41) is 5.61. The molecule has 2 heterocycles. The lowest BCUT2D eigenvalue weighted by atomic mass is 10.2. The van der Waals surface area contributed by atoms with Crippen LogP contribution in [0.1, 0.15) is 17.8 Å². The van der Waals surface area contributed by atoms with Crippen LogP contribution in [0.2, 0.25) is 0 Å².